The molecular weight excluding hydrogens is 294 g/mol. The summed E-state index contributed by atoms with van der Waals surface area (Å²) in [7, 11) is 0. The number of nitrogen functional groups attached to an aromatic ring is 1. The van der Waals surface area contributed by atoms with E-state index in [1.807, 2.05) is 42.6 Å². The maximum atomic E-state index is 5.91. The van der Waals surface area contributed by atoms with Gasteiger partial charge in [-0.3, -0.25) is 0 Å². The van der Waals surface area contributed by atoms with E-state index in [2.05, 4.69) is 20.6 Å². The standard InChI is InChI=1S/C16H17N5S/c17-14-4-2-1-3-12(14)10-21-16(22)20-9-11-5-7-18-15-13(11)6-8-19-15/h1-8H,9-10,17H2,(H,18,19)(H2,20,21,22). The van der Waals surface area contributed by atoms with Gasteiger partial charge in [0.25, 0.3) is 0 Å². The third-order valence-electron chi connectivity index (χ3n) is 3.48. The summed E-state index contributed by atoms with van der Waals surface area (Å²) in [5.74, 6) is 0. The van der Waals surface area contributed by atoms with E-state index in [1.165, 1.54) is 0 Å². The number of aromatic nitrogens is 2. The van der Waals surface area contributed by atoms with Crippen LogP contribution in [0.5, 0.6) is 0 Å². The molecule has 0 unspecified atom stereocenters. The minimum Gasteiger partial charge on any atom is -0.398 e. The molecule has 5 nitrogen and oxygen atoms in total. The van der Waals surface area contributed by atoms with Crippen LogP contribution in [-0.4, -0.2) is 15.1 Å². The number of rotatable bonds is 4. The van der Waals surface area contributed by atoms with E-state index in [-0.39, 0.29) is 0 Å². The normalized spacial score (nSPS) is 10.5. The maximum absolute atomic E-state index is 5.91. The van der Waals surface area contributed by atoms with Gasteiger partial charge in [-0.1, -0.05) is 18.2 Å². The second kappa shape index (κ2) is 6.44. The van der Waals surface area contributed by atoms with Crippen LogP contribution in [0.25, 0.3) is 11.0 Å². The SMILES string of the molecule is Nc1ccccc1CNC(=S)NCc1ccnc2[nH]ccc12. The van der Waals surface area contributed by atoms with Crippen LogP contribution >= 0.6 is 12.2 Å². The van der Waals surface area contributed by atoms with E-state index in [1.54, 1.807) is 6.20 Å². The van der Waals surface area contributed by atoms with Gasteiger partial charge >= 0.3 is 0 Å². The Morgan fingerprint density at radius 2 is 1.86 bits per heavy atom. The Labute approximate surface area is 133 Å². The van der Waals surface area contributed by atoms with Crippen molar-refractivity contribution in [3.8, 4) is 0 Å². The highest BCUT2D eigenvalue weighted by molar-refractivity contribution is 7.80. The number of para-hydroxylation sites is 1. The first kappa shape index (κ1) is 14.3. The molecule has 3 rings (SSSR count). The Balaban J connectivity index is 1.56. The maximum Gasteiger partial charge on any atom is 0.166 e. The average Bonchev–Trinajstić information content (AvgIpc) is 3.01. The van der Waals surface area contributed by atoms with Gasteiger partial charge in [-0.2, -0.15) is 0 Å². The van der Waals surface area contributed by atoms with E-state index in [9.17, 15) is 0 Å². The molecular formula is C16H17N5S. The molecule has 0 spiro atoms. The number of nitrogens with one attached hydrogen (secondary N) is 3. The summed E-state index contributed by atoms with van der Waals surface area (Å²) in [6.45, 7) is 1.25. The fraction of sp³-hybridized carbons (Fsp3) is 0.125. The third kappa shape index (κ3) is 3.17. The molecule has 2 heterocycles. The zero-order valence-electron chi connectivity index (χ0n) is 12.0. The minimum atomic E-state index is 0.601. The first-order valence-corrected chi connectivity index (χ1v) is 7.41. The molecule has 0 amide bonds. The Hall–Kier alpha value is -2.60. The summed E-state index contributed by atoms with van der Waals surface area (Å²) in [5.41, 5.74) is 9.74. The van der Waals surface area contributed by atoms with Crippen molar-refractivity contribution in [3.63, 3.8) is 0 Å². The van der Waals surface area contributed by atoms with Crippen LogP contribution in [0.2, 0.25) is 0 Å². The van der Waals surface area contributed by atoms with Crippen LogP contribution in [-0.2, 0) is 13.1 Å². The Morgan fingerprint density at radius 3 is 2.68 bits per heavy atom. The molecule has 0 radical (unpaired) electrons. The number of benzene rings is 1. The Bertz CT molecular complexity index is 796. The van der Waals surface area contributed by atoms with E-state index in [4.69, 9.17) is 18.0 Å². The van der Waals surface area contributed by atoms with Crippen LogP contribution in [0, 0.1) is 0 Å². The van der Waals surface area contributed by atoms with Crippen molar-refractivity contribution in [1.82, 2.24) is 20.6 Å². The van der Waals surface area contributed by atoms with Crippen LogP contribution in [0.15, 0.2) is 48.8 Å². The number of nitrogens with zero attached hydrogens (tertiary/aromatic N) is 1. The molecule has 112 valence electrons. The van der Waals surface area contributed by atoms with Gasteiger partial charge < -0.3 is 21.4 Å². The first-order valence-electron chi connectivity index (χ1n) is 7.00. The summed E-state index contributed by atoms with van der Waals surface area (Å²) in [4.78, 5) is 7.37. The van der Waals surface area contributed by atoms with Crippen molar-refractivity contribution in [2.24, 2.45) is 0 Å². The topological polar surface area (TPSA) is 78.8 Å². The molecule has 1 aromatic carbocycles. The highest BCUT2D eigenvalue weighted by Crippen LogP contribution is 2.14. The summed E-state index contributed by atoms with van der Waals surface area (Å²) < 4.78 is 0. The van der Waals surface area contributed by atoms with Gasteiger partial charge in [-0.05, 0) is 41.5 Å². The molecule has 0 aliphatic rings. The molecule has 6 heteroatoms. The molecule has 0 aliphatic carbocycles. The van der Waals surface area contributed by atoms with Gasteiger partial charge in [-0.15, -0.1) is 0 Å². The fourth-order valence-corrected chi connectivity index (χ4v) is 2.43. The monoisotopic (exact) mass is 311 g/mol. The molecule has 0 saturated carbocycles. The largest absolute Gasteiger partial charge is 0.398 e. The summed E-state index contributed by atoms with van der Waals surface area (Å²) in [6.07, 6.45) is 3.67. The lowest BCUT2D eigenvalue weighted by Crippen LogP contribution is -2.34. The first-order chi connectivity index (χ1) is 10.7. The lowest BCUT2D eigenvalue weighted by molar-refractivity contribution is 0.837. The van der Waals surface area contributed by atoms with Gasteiger partial charge in [0.1, 0.15) is 5.65 Å². The molecule has 22 heavy (non-hydrogen) atoms. The van der Waals surface area contributed by atoms with Crippen molar-refractivity contribution in [1.29, 1.82) is 0 Å². The predicted molar refractivity (Wildman–Crippen MR) is 93.2 cm³/mol. The molecule has 0 aliphatic heterocycles. The van der Waals surface area contributed by atoms with E-state index < -0.39 is 0 Å². The number of fused-ring (bicyclic) bond motifs is 1. The molecule has 0 fully saturated rings. The number of hydrogen-bond acceptors (Lipinski definition) is 3. The molecule has 0 saturated heterocycles. The number of nitrogens with two attached hydrogens (primary N) is 1. The van der Waals surface area contributed by atoms with E-state index in [0.29, 0.717) is 18.2 Å². The highest BCUT2D eigenvalue weighted by Gasteiger charge is 2.04. The van der Waals surface area contributed by atoms with Crippen molar-refractivity contribution in [3.05, 3.63) is 59.9 Å². The Morgan fingerprint density at radius 1 is 1.09 bits per heavy atom. The van der Waals surface area contributed by atoms with Crippen LogP contribution in [0.3, 0.4) is 0 Å². The van der Waals surface area contributed by atoms with Crippen molar-refractivity contribution in [2.75, 3.05) is 5.73 Å². The third-order valence-corrected chi connectivity index (χ3v) is 3.77. The summed E-state index contributed by atoms with van der Waals surface area (Å²) >= 11 is 5.31. The lowest BCUT2D eigenvalue weighted by atomic mass is 10.2. The van der Waals surface area contributed by atoms with Crippen LogP contribution in [0.1, 0.15) is 11.1 Å². The number of thiocarbonyl (C=S) groups is 1. The number of aromatic amines is 1. The predicted octanol–water partition coefficient (Wildman–Crippen LogP) is 2.31. The number of H-pyrrole nitrogens is 1. The van der Waals surface area contributed by atoms with Gasteiger partial charge in [0.05, 0.1) is 0 Å². The number of pyridine rings is 1. The number of anilines is 1. The average molecular weight is 311 g/mol. The van der Waals surface area contributed by atoms with E-state index >= 15 is 0 Å². The van der Waals surface area contributed by atoms with Gasteiger partial charge in [0.2, 0.25) is 0 Å². The van der Waals surface area contributed by atoms with E-state index in [0.717, 1.165) is 27.8 Å². The molecule has 5 N–H and O–H groups in total. The molecule has 2 aromatic heterocycles. The zero-order valence-corrected chi connectivity index (χ0v) is 12.8. The Kier molecular flexibility index (Phi) is 4.20. The number of hydrogen-bond donors (Lipinski definition) is 4. The second-order valence-corrected chi connectivity index (χ2v) is 5.35. The summed E-state index contributed by atoms with van der Waals surface area (Å²) in [5, 5.41) is 8.08. The lowest BCUT2D eigenvalue weighted by Gasteiger charge is -2.12. The molecule has 0 atom stereocenters. The quantitative estimate of drug-likeness (QED) is 0.439. The zero-order chi connectivity index (χ0) is 15.4. The van der Waals surface area contributed by atoms with Gasteiger partial charge in [-0.25, -0.2) is 4.98 Å². The van der Waals surface area contributed by atoms with Gasteiger partial charge in [0, 0.05) is 36.6 Å². The van der Waals surface area contributed by atoms with Crippen molar-refractivity contribution in [2.45, 2.75) is 13.1 Å². The highest BCUT2D eigenvalue weighted by atomic mass is 32.1. The fourth-order valence-electron chi connectivity index (χ4n) is 2.28. The smallest absolute Gasteiger partial charge is 0.166 e. The second-order valence-electron chi connectivity index (χ2n) is 4.95. The van der Waals surface area contributed by atoms with Crippen LogP contribution in [0.4, 0.5) is 5.69 Å². The molecule has 0 bridgehead atoms. The molecule has 3 aromatic rings. The van der Waals surface area contributed by atoms with Crippen molar-refractivity contribution < 1.29 is 0 Å². The van der Waals surface area contributed by atoms with Gasteiger partial charge in [0.15, 0.2) is 5.11 Å². The van der Waals surface area contributed by atoms with Crippen molar-refractivity contribution >= 4 is 34.1 Å². The summed E-state index contributed by atoms with van der Waals surface area (Å²) in [6, 6.07) is 11.7. The minimum absolute atomic E-state index is 0.601. The van der Waals surface area contributed by atoms with Crippen LogP contribution < -0.4 is 16.4 Å².